The highest BCUT2D eigenvalue weighted by atomic mass is 32.2. The van der Waals surface area contributed by atoms with Gasteiger partial charge in [-0.25, -0.2) is 9.37 Å². The van der Waals surface area contributed by atoms with Gasteiger partial charge >= 0.3 is 12.1 Å². The first-order valence-electron chi connectivity index (χ1n) is 9.32. The Morgan fingerprint density at radius 1 is 1.16 bits per heavy atom. The van der Waals surface area contributed by atoms with Crippen LogP contribution in [0.25, 0.3) is 10.6 Å². The van der Waals surface area contributed by atoms with Crippen LogP contribution in [0.4, 0.5) is 17.6 Å². The minimum atomic E-state index is -4.74. The average molecular weight is 470 g/mol. The number of rotatable bonds is 7. The summed E-state index contributed by atoms with van der Waals surface area (Å²) in [7, 11) is 0. The van der Waals surface area contributed by atoms with Crippen molar-refractivity contribution in [3.63, 3.8) is 0 Å². The number of nitrogens with zero attached hydrogens (tertiary/aromatic N) is 1. The molecule has 3 rings (SSSR count). The number of carboxylic acid groups (broad SMARTS) is 1. The second-order valence-corrected chi connectivity index (χ2v) is 9.12. The Morgan fingerprint density at radius 3 is 2.55 bits per heavy atom. The highest BCUT2D eigenvalue weighted by Crippen LogP contribution is 2.36. The molecule has 0 aliphatic heterocycles. The maximum Gasteiger partial charge on any atom is 0.419 e. The Kier molecular flexibility index (Phi) is 7.06. The van der Waals surface area contributed by atoms with E-state index >= 15 is 0 Å². The van der Waals surface area contributed by atoms with Crippen LogP contribution in [0.3, 0.4) is 0 Å². The van der Waals surface area contributed by atoms with Gasteiger partial charge in [-0.15, -0.1) is 23.1 Å². The molecule has 3 nitrogen and oxygen atoms in total. The molecular weight excluding hydrogens is 450 g/mol. The zero-order valence-corrected chi connectivity index (χ0v) is 18.3. The van der Waals surface area contributed by atoms with Gasteiger partial charge in [-0.3, -0.25) is 4.79 Å². The summed E-state index contributed by atoms with van der Waals surface area (Å²) < 4.78 is 52.2. The van der Waals surface area contributed by atoms with E-state index in [0.29, 0.717) is 22.7 Å². The summed E-state index contributed by atoms with van der Waals surface area (Å²) >= 11 is 2.88. The van der Waals surface area contributed by atoms with Crippen molar-refractivity contribution in [1.29, 1.82) is 0 Å². The van der Waals surface area contributed by atoms with E-state index in [9.17, 15) is 22.4 Å². The van der Waals surface area contributed by atoms with Crippen molar-refractivity contribution in [1.82, 2.24) is 4.98 Å². The van der Waals surface area contributed by atoms with Crippen molar-refractivity contribution in [2.24, 2.45) is 0 Å². The summed E-state index contributed by atoms with van der Waals surface area (Å²) in [6.45, 7) is 3.75. The monoisotopic (exact) mass is 469 g/mol. The van der Waals surface area contributed by atoms with Crippen LogP contribution in [0.1, 0.15) is 33.7 Å². The largest absolute Gasteiger partial charge is 0.481 e. The number of alkyl halides is 3. The third-order valence-electron chi connectivity index (χ3n) is 4.71. The van der Waals surface area contributed by atoms with Gasteiger partial charge in [-0.05, 0) is 55.7 Å². The molecule has 9 heteroatoms. The van der Waals surface area contributed by atoms with Gasteiger partial charge in [-0.1, -0.05) is 12.1 Å². The van der Waals surface area contributed by atoms with Gasteiger partial charge in [0.05, 0.1) is 11.3 Å². The second kappa shape index (κ2) is 9.40. The number of carboxylic acids is 1. The van der Waals surface area contributed by atoms with Gasteiger partial charge in [0, 0.05) is 27.5 Å². The van der Waals surface area contributed by atoms with Crippen LogP contribution in [-0.2, 0) is 23.1 Å². The van der Waals surface area contributed by atoms with Gasteiger partial charge in [0.15, 0.2) is 0 Å². The molecule has 0 saturated heterocycles. The summed E-state index contributed by atoms with van der Waals surface area (Å²) in [5.74, 6) is -1.57. The molecule has 1 N–H and O–H groups in total. The third-order valence-corrected chi connectivity index (χ3v) is 7.12. The molecule has 1 aromatic heterocycles. The van der Waals surface area contributed by atoms with Crippen LogP contribution in [0.5, 0.6) is 0 Å². The minimum Gasteiger partial charge on any atom is -0.481 e. The number of hydrogen-bond acceptors (Lipinski definition) is 4. The zero-order chi connectivity index (χ0) is 22.8. The lowest BCUT2D eigenvalue weighted by Gasteiger charge is -2.08. The van der Waals surface area contributed by atoms with Crippen LogP contribution < -0.4 is 0 Å². The molecule has 0 spiro atoms. The summed E-state index contributed by atoms with van der Waals surface area (Å²) in [5, 5.41) is 9.36. The van der Waals surface area contributed by atoms with Crippen LogP contribution in [0, 0.1) is 19.7 Å². The van der Waals surface area contributed by atoms with Crippen LogP contribution in [-0.4, -0.2) is 16.1 Å². The maximum atomic E-state index is 13.9. The molecule has 0 fully saturated rings. The molecule has 3 aromatic rings. The lowest BCUT2D eigenvalue weighted by Crippen LogP contribution is -2.07. The smallest absolute Gasteiger partial charge is 0.419 e. The first kappa shape index (κ1) is 23.3. The number of benzene rings is 2. The van der Waals surface area contributed by atoms with E-state index in [1.54, 1.807) is 11.8 Å². The standard InChI is InChI=1S/C22H19F4NO2S2/c1-12-3-6-16(9-14(12)5-8-20(28)29)30-11-19-13(2)27-21(31-19)15-4-7-17(18(23)10-15)22(24,25)26/h3-4,6-7,9-10H,5,8,11H2,1-2H3,(H,28,29). The van der Waals surface area contributed by atoms with Crippen molar-refractivity contribution < 1.29 is 27.5 Å². The molecule has 0 atom stereocenters. The van der Waals surface area contributed by atoms with E-state index in [4.69, 9.17) is 5.11 Å². The van der Waals surface area contributed by atoms with E-state index in [-0.39, 0.29) is 6.42 Å². The molecule has 0 amide bonds. The Balaban J connectivity index is 1.75. The molecule has 164 valence electrons. The fraction of sp³-hybridized carbons (Fsp3) is 0.273. The fourth-order valence-corrected chi connectivity index (χ4v) is 5.12. The lowest BCUT2D eigenvalue weighted by atomic mass is 10.0. The van der Waals surface area contributed by atoms with Gasteiger partial charge in [-0.2, -0.15) is 13.2 Å². The van der Waals surface area contributed by atoms with Gasteiger partial charge in [0.2, 0.25) is 0 Å². The molecule has 31 heavy (non-hydrogen) atoms. The van der Waals surface area contributed by atoms with Crippen molar-refractivity contribution in [3.05, 3.63) is 69.5 Å². The molecule has 0 aliphatic rings. The Hall–Kier alpha value is -2.39. The summed E-state index contributed by atoms with van der Waals surface area (Å²) in [4.78, 5) is 17.2. The topological polar surface area (TPSA) is 50.2 Å². The summed E-state index contributed by atoms with van der Waals surface area (Å²) in [6, 6.07) is 8.73. The molecular formula is C22H19F4NO2S2. The first-order chi connectivity index (χ1) is 14.5. The average Bonchev–Trinajstić information content (AvgIpc) is 3.06. The predicted octanol–water partition coefficient (Wildman–Crippen LogP) is 6.89. The summed E-state index contributed by atoms with van der Waals surface area (Å²) in [5.41, 5.74) is 1.77. The molecule has 0 aliphatic carbocycles. The highest BCUT2D eigenvalue weighted by Gasteiger charge is 2.34. The van der Waals surface area contributed by atoms with Gasteiger partial charge < -0.3 is 5.11 Å². The van der Waals surface area contributed by atoms with Gasteiger partial charge in [0.25, 0.3) is 0 Å². The number of carbonyl (C=O) groups is 1. The van der Waals surface area contributed by atoms with Crippen molar-refractivity contribution >= 4 is 29.1 Å². The summed E-state index contributed by atoms with van der Waals surface area (Å²) in [6.07, 6.45) is -4.21. The number of hydrogen-bond donors (Lipinski definition) is 1. The van der Waals surface area contributed by atoms with E-state index < -0.39 is 23.5 Å². The number of aromatic nitrogens is 1. The zero-order valence-electron chi connectivity index (χ0n) is 16.7. The SMILES string of the molecule is Cc1ccc(SCc2sc(-c3ccc(C(F)(F)F)c(F)c3)nc2C)cc1CCC(=O)O. The molecule has 0 saturated carbocycles. The van der Waals surface area contributed by atoms with E-state index in [1.165, 1.54) is 17.4 Å². The number of halogens is 4. The molecule has 0 bridgehead atoms. The first-order valence-corrected chi connectivity index (χ1v) is 11.1. The number of thioether (sulfide) groups is 1. The number of thiazole rings is 1. The Bertz CT molecular complexity index is 1110. The highest BCUT2D eigenvalue weighted by molar-refractivity contribution is 7.98. The molecule has 0 radical (unpaired) electrons. The van der Waals surface area contributed by atoms with Crippen molar-refractivity contribution in [2.45, 2.75) is 43.5 Å². The normalized spacial score (nSPS) is 11.7. The van der Waals surface area contributed by atoms with Crippen LogP contribution in [0.15, 0.2) is 41.3 Å². The second-order valence-electron chi connectivity index (χ2n) is 6.99. The lowest BCUT2D eigenvalue weighted by molar-refractivity contribution is -0.140. The van der Waals surface area contributed by atoms with Crippen LogP contribution >= 0.6 is 23.1 Å². The third kappa shape index (κ3) is 5.86. The predicted molar refractivity (Wildman–Crippen MR) is 114 cm³/mol. The van der Waals surface area contributed by atoms with E-state index in [2.05, 4.69) is 4.98 Å². The van der Waals surface area contributed by atoms with E-state index in [0.717, 1.165) is 38.7 Å². The molecule has 1 heterocycles. The maximum absolute atomic E-state index is 13.9. The quantitative estimate of drug-likeness (QED) is 0.302. The minimum absolute atomic E-state index is 0.0654. The van der Waals surface area contributed by atoms with Crippen molar-refractivity contribution in [3.8, 4) is 10.6 Å². The Morgan fingerprint density at radius 2 is 1.90 bits per heavy atom. The van der Waals surface area contributed by atoms with Crippen LogP contribution in [0.2, 0.25) is 0 Å². The Labute approximate surface area is 185 Å². The number of aliphatic carboxylic acids is 1. The fourth-order valence-electron chi connectivity index (χ4n) is 2.96. The number of aryl methyl sites for hydroxylation is 3. The molecule has 0 unspecified atom stereocenters. The molecule has 2 aromatic carbocycles. The van der Waals surface area contributed by atoms with Crippen molar-refractivity contribution in [2.75, 3.05) is 0 Å². The van der Waals surface area contributed by atoms with E-state index in [1.807, 2.05) is 32.0 Å². The van der Waals surface area contributed by atoms with Gasteiger partial charge in [0.1, 0.15) is 10.8 Å².